The van der Waals surface area contributed by atoms with Crippen molar-refractivity contribution in [3.8, 4) is 0 Å². The molecule has 1 aromatic heterocycles. The number of methoxy groups -OCH3 is 1. The maximum atomic E-state index is 11.6. The molecule has 1 heterocycles. The first-order valence-electron chi connectivity index (χ1n) is 9.72. The van der Waals surface area contributed by atoms with E-state index in [0.717, 1.165) is 24.2 Å². The first kappa shape index (κ1) is 22.7. The van der Waals surface area contributed by atoms with E-state index in [9.17, 15) is 9.90 Å². The molecule has 0 aliphatic heterocycles. The van der Waals surface area contributed by atoms with Gasteiger partial charge in [0.25, 0.3) is 5.91 Å². The molecule has 8 nitrogen and oxygen atoms in total. The number of hydrogen-bond acceptors (Lipinski definition) is 6. The van der Waals surface area contributed by atoms with Gasteiger partial charge in [-0.2, -0.15) is 0 Å². The molecule has 2 rings (SSSR count). The molecule has 0 fully saturated rings. The van der Waals surface area contributed by atoms with Crippen LogP contribution in [0.1, 0.15) is 37.6 Å². The molecule has 0 saturated heterocycles. The van der Waals surface area contributed by atoms with Gasteiger partial charge < -0.3 is 20.3 Å². The fourth-order valence-corrected chi connectivity index (χ4v) is 2.95. The predicted molar refractivity (Wildman–Crippen MR) is 110 cm³/mol. The Morgan fingerprint density at radius 3 is 2.66 bits per heavy atom. The fourth-order valence-electron chi connectivity index (χ4n) is 2.95. The summed E-state index contributed by atoms with van der Waals surface area (Å²) in [5.41, 5.74) is 2.42. The largest absolute Gasteiger partial charge is 0.396 e. The van der Waals surface area contributed by atoms with Crippen LogP contribution in [0, 0.1) is 5.92 Å². The molecule has 8 heteroatoms. The van der Waals surface area contributed by atoms with E-state index in [1.807, 2.05) is 18.3 Å². The number of aliphatic hydroxyl groups is 2. The van der Waals surface area contributed by atoms with Crippen molar-refractivity contribution in [3.63, 3.8) is 0 Å². The van der Waals surface area contributed by atoms with Gasteiger partial charge in [-0.05, 0) is 31.0 Å². The van der Waals surface area contributed by atoms with Gasteiger partial charge >= 0.3 is 0 Å². The molecule has 0 spiro atoms. The lowest BCUT2D eigenvalue weighted by atomic mass is 9.96. The Balaban J connectivity index is 1.89. The van der Waals surface area contributed by atoms with Crippen molar-refractivity contribution in [1.82, 2.24) is 15.0 Å². The second-order valence-electron chi connectivity index (χ2n) is 6.97. The number of rotatable bonds is 11. The number of benzene rings is 1. The number of aromatic nitrogens is 3. The SMILES string of the molecule is CO[C@@H](c1ccc(NC(=O)[C@H](C)O)cc1)[C@@H](C)/C=C/CCn1cc(CCO)nn1. The second-order valence-corrected chi connectivity index (χ2v) is 6.97. The lowest BCUT2D eigenvalue weighted by molar-refractivity contribution is -0.123. The number of aliphatic hydroxyl groups excluding tert-OH is 2. The van der Waals surface area contributed by atoms with E-state index in [1.54, 1.807) is 23.9 Å². The molecule has 0 saturated carbocycles. The molecule has 2 aromatic rings. The van der Waals surface area contributed by atoms with Gasteiger partial charge in [-0.25, -0.2) is 0 Å². The van der Waals surface area contributed by atoms with Gasteiger partial charge in [-0.15, -0.1) is 5.10 Å². The molecule has 0 aliphatic carbocycles. The van der Waals surface area contributed by atoms with Gasteiger partial charge in [0, 0.05) is 44.5 Å². The van der Waals surface area contributed by atoms with Crippen molar-refractivity contribution in [3.05, 3.63) is 53.9 Å². The number of carbonyl (C=O) groups is 1. The van der Waals surface area contributed by atoms with Crippen molar-refractivity contribution in [2.24, 2.45) is 5.92 Å². The van der Waals surface area contributed by atoms with E-state index in [0.29, 0.717) is 12.1 Å². The van der Waals surface area contributed by atoms with Crippen LogP contribution in [-0.2, 0) is 22.5 Å². The zero-order valence-corrected chi connectivity index (χ0v) is 17.2. The first-order chi connectivity index (χ1) is 13.9. The average molecular weight is 402 g/mol. The van der Waals surface area contributed by atoms with E-state index in [1.165, 1.54) is 6.92 Å². The van der Waals surface area contributed by atoms with Crippen LogP contribution in [0.5, 0.6) is 0 Å². The molecule has 3 N–H and O–H groups in total. The van der Waals surface area contributed by atoms with Gasteiger partial charge in [-0.3, -0.25) is 9.48 Å². The summed E-state index contributed by atoms with van der Waals surface area (Å²) in [7, 11) is 1.68. The molecule has 158 valence electrons. The molecule has 0 bridgehead atoms. The molecular formula is C21H30N4O4. The van der Waals surface area contributed by atoms with Crippen molar-refractivity contribution in [2.45, 2.75) is 45.4 Å². The number of hydrogen-bond donors (Lipinski definition) is 3. The van der Waals surface area contributed by atoms with Crippen LogP contribution in [-0.4, -0.2) is 50.9 Å². The normalized spacial score (nSPS) is 14.7. The van der Waals surface area contributed by atoms with E-state index in [2.05, 4.69) is 34.7 Å². The van der Waals surface area contributed by atoms with Gasteiger partial charge in [0.1, 0.15) is 6.10 Å². The van der Waals surface area contributed by atoms with Crippen LogP contribution in [0.4, 0.5) is 5.69 Å². The molecular weight excluding hydrogens is 372 g/mol. The third kappa shape index (κ3) is 7.08. The van der Waals surface area contributed by atoms with Gasteiger partial charge in [0.2, 0.25) is 0 Å². The maximum absolute atomic E-state index is 11.6. The molecule has 1 aromatic carbocycles. The topological polar surface area (TPSA) is 110 Å². The van der Waals surface area contributed by atoms with Crippen molar-refractivity contribution < 1.29 is 19.7 Å². The van der Waals surface area contributed by atoms with Crippen LogP contribution < -0.4 is 5.32 Å². The van der Waals surface area contributed by atoms with Crippen LogP contribution >= 0.6 is 0 Å². The minimum absolute atomic E-state index is 0.0718. The van der Waals surface area contributed by atoms with Crippen LogP contribution in [0.15, 0.2) is 42.6 Å². The highest BCUT2D eigenvalue weighted by molar-refractivity contribution is 5.93. The Labute approximate surface area is 171 Å². The Hall–Kier alpha value is -2.55. The van der Waals surface area contributed by atoms with Crippen molar-refractivity contribution in [2.75, 3.05) is 19.0 Å². The number of nitrogens with zero attached hydrogens (tertiary/aromatic N) is 3. The van der Waals surface area contributed by atoms with Crippen LogP contribution in [0.3, 0.4) is 0 Å². The lowest BCUT2D eigenvalue weighted by Gasteiger charge is -2.21. The van der Waals surface area contributed by atoms with E-state index < -0.39 is 12.0 Å². The maximum Gasteiger partial charge on any atom is 0.252 e. The number of amides is 1. The Morgan fingerprint density at radius 2 is 2.03 bits per heavy atom. The molecule has 0 unspecified atom stereocenters. The number of anilines is 1. The number of carbonyl (C=O) groups excluding carboxylic acids is 1. The van der Waals surface area contributed by atoms with Crippen LogP contribution in [0.2, 0.25) is 0 Å². The highest BCUT2D eigenvalue weighted by Gasteiger charge is 2.17. The minimum Gasteiger partial charge on any atom is -0.396 e. The Morgan fingerprint density at radius 1 is 1.31 bits per heavy atom. The minimum atomic E-state index is -1.05. The quantitative estimate of drug-likeness (QED) is 0.497. The zero-order chi connectivity index (χ0) is 21.2. The summed E-state index contributed by atoms with van der Waals surface area (Å²) in [4.78, 5) is 11.6. The van der Waals surface area contributed by atoms with Gasteiger partial charge in [0.05, 0.1) is 11.8 Å². The van der Waals surface area contributed by atoms with Gasteiger partial charge in [0.15, 0.2) is 0 Å². The molecule has 1 amide bonds. The summed E-state index contributed by atoms with van der Waals surface area (Å²) in [6, 6.07) is 7.42. The third-order valence-corrected chi connectivity index (χ3v) is 4.54. The molecule has 3 atom stereocenters. The summed E-state index contributed by atoms with van der Waals surface area (Å²) in [5.74, 6) is -0.285. The lowest BCUT2D eigenvalue weighted by Crippen LogP contribution is -2.24. The molecule has 0 aliphatic rings. The van der Waals surface area contributed by atoms with Gasteiger partial charge in [-0.1, -0.05) is 36.4 Å². The third-order valence-electron chi connectivity index (χ3n) is 4.54. The smallest absolute Gasteiger partial charge is 0.252 e. The number of allylic oxidation sites excluding steroid dienone is 1. The summed E-state index contributed by atoms with van der Waals surface area (Å²) in [6.07, 6.45) is 6.23. The molecule has 29 heavy (non-hydrogen) atoms. The Bertz CT molecular complexity index is 786. The standard InChI is InChI=1S/C21H30N4O4/c1-15(6-4-5-12-25-14-19(11-13-26)23-24-25)20(29-3)17-7-9-18(10-8-17)22-21(28)16(2)27/h4,6-10,14-16,20,26-27H,5,11-13H2,1-3H3,(H,22,28)/b6-4+/t15-,16-,20+/m0/s1. The highest BCUT2D eigenvalue weighted by atomic mass is 16.5. The zero-order valence-electron chi connectivity index (χ0n) is 17.2. The van der Waals surface area contributed by atoms with Crippen molar-refractivity contribution in [1.29, 1.82) is 0 Å². The second kappa shape index (κ2) is 11.5. The highest BCUT2D eigenvalue weighted by Crippen LogP contribution is 2.27. The predicted octanol–water partition coefficient (Wildman–Crippen LogP) is 2.10. The summed E-state index contributed by atoms with van der Waals surface area (Å²) >= 11 is 0. The summed E-state index contributed by atoms with van der Waals surface area (Å²) in [5, 5.41) is 28.9. The fraction of sp³-hybridized carbons (Fsp3) is 0.476. The number of nitrogens with one attached hydrogen (secondary N) is 1. The van der Waals surface area contributed by atoms with E-state index in [-0.39, 0.29) is 18.6 Å². The first-order valence-corrected chi connectivity index (χ1v) is 9.72. The van der Waals surface area contributed by atoms with Crippen LogP contribution in [0.25, 0.3) is 0 Å². The Kier molecular flexibility index (Phi) is 8.98. The van der Waals surface area contributed by atoms with E-state index in [4.69, 9.17) is 9.84 Å². The molecule has 0 radical (unpaired) electrons. The van der Waals surface area contributed by atoms with Crippen molar-refractivity contribution >= 4 is 11.6 Å². The van der Waals surface area contributed by atoms with E-state index >= 15 is 0 Å². The number of aryl methyl sites for hydroxylation is 1. The summed E-state index contributed by atoms with van der Waals surface area (Å²) in [6.45, 7) is 4.30. The number of ether oxygens (including phenoxy) is 1. The monoisotopic (exact) mass is 402 g/mol. The average Bonchev–Trinajstić information content (AvgIpc) is 3.14. The summed E-state index contributed by atoms with van der Waals surface area (Å²) < 4.78 is 7.44.